The molecule has 1 aliphatic heterocycles. The summed E-state index contributed by atoms with van der Waals surface area (Å²) >= 11 is 0. The van der Waals surface area contributed by atoms with Crippen LogP contribution in [0.5, 0.6) is 0 Å². The Morgan fingerprint density at radius 3 is 2.79 bits per heavy atom. The van der Waals surface area contributed by atoms with E-state index >= 15 is 0 Å². The molecule has 74 valence electrons. The monoisotopic (exact) mass is 193 g/mol. The SMILES string of the molecule is O=C(c1cncnc1)N1CCCCO1. The van der Waals surface area contributed by atoms with Crippen molar-refractivity contribution in [3.8, 4) is 0 Å². The summed E-state index contributed by atoms with van der Waals surface area (Å²) in [5.74, 6) is -0.162. The van der Waals surface area contributed by atoms with Gasteiger partial charge in [-0.15, -0.1) is 0 Å². The third-order valence-electron chi connectivity index (χ3n) is 2.04. The number of nitrogens with zero attached hydrogens (tertiary/aromatic N) is 3. The lowest BCUT2D eigenvalue weighted by molar-refractivity contribution is -0.144. The average Bonchev–Trinajstić information content (AvgIpc) is 2.30. The predicted molar refractivity (Wildman–Crippen MR) is 48.3 cm³/mol. The van der Waals surface area contributed by atoms with Crippen LogP contribution >= 0.6 is 0 Å². The molecule has 0 saturated carbocycles. The van der Waals surface area contributed by atoms with E-state index in [1.54, 1.807) is 0 Å². The molecule has 0 unspecified atom stereocenters. The Balaban J connectivity index is 2.07. The van der Waals surface area contributed by atoms with E-state index in [1.807, 2.05) is 0 Å². The number of hydrogen-bond donors (Lipinski definition) is 0. The quantitative estimate of drug-likeness (QED) is 0.657. The van der Waals surface area contributed by atoms with Gasteiger partial charge in [0.1, 0.15) is 6.33 Å². The normalized spacial score (nSPS) is 16.7. The van der Waals surface area contributed by atoms with Gasteiger partial charge in [-0.2, -0.15) is 0 Å². The average molecular weight is 193 g/mol. The summed E-state index contributed by atoms with van der Waals surface area (Å²) in [6.45, 7) is 1.26. The van der Waals surface area contributed by atoms with Crippen LogP contribution in [0.3, 0.4) is 0 Å². The molecular formula is C9H11N3O2. The molecule has 1 aromatic heterocycles. The zero-order valence-electron chi connectivity index (χ0n) is 7.72. The zero-order chi connectivity index (χ0) is 9.80. The van der Waals surface area contributed by atoms with Gasteiger partial charge in [-0.1, -0.05) is 0 Å². The van der Waals surface area contributed by atoms with Crippen LogP contribution < -0.4 is 0 Å². The van der Waals surface area contributed by atoms with E-state index in [0.717, 1.165) is 12.8 Å². The molecule has 1 saturated heterocycles. The van der Waals surface area contributed by atoms with Crippen molar-refractivity contribution in [2.24, 2.45) is 0 Å². The van der Waals surface area contributed by atoms with Gasteiger partial charge in [0.05, 0.1) is 12.2 Å². The molecule has 0 aromatic carbocycles. The molecule has 0 N–H and O–H groups in total. The minimum absolute atomic E-state index is 0.162. The first-order valence-electron chi connectivity index (χ1n) is 4.58. The number of rotatable bonds is 1. The van der Waals surface area contributed by atoms with Crippen molar-refractivity contribution in [3.05, 3.63) is 24.3 Å². The van der Waals surface area contributed by atoms with Gasteiger partial charge in [0.15, 0.2) is 0 Å². The molecule has 14 heavy (non-hydrogen) atoms. The molecule has 1 aromatic rings. The smallest absolute Gasteiger partial charge is 0.271 e. The lowest BCUT2D eigenvalue weighted by atomic mass is 10.2. The second kappa shape index (κ2) is 4.15. The van der Waals surface area contributed by atoms with Gasteiger partial charge in [-0.3, -0.25) is 9.63 Å². The summed E-state index contributed by atoms with van der Waals surface area (Å²) in [7, 11) is 0. The van der Waals surface area contributed by atoms with Crippen molar-refractivity contribution in [1.82, 2.24) is 15.0 Å². The van der Waals surface area contributed by atoms with Crippen molar-refractivity contribution in [1.29, 1.82) is 0 Å². The predicted octanol–water partition coefficient (Wildman–Crippen LogP) is 0.644. The van der Waals surface area contributed by atoms with Crippen LogP contribution in [-0.4, -0.2) is 34.1 Å². The van der Waals surface area contributed by atoms with Crippen molar-refractivity contribution in [3.63, 3.8) is 0 Å². The van der Waals surface area contributed by atoms with Crippen LogP contribution in [0.2, 0.25) is 0 Å². The Hall–Kier alpha value is -1.49. The Morgan fingerprint density at radius 1 is 1.36 bits per heavy atom. The summed E-state index contributed by atoms with van der Waals surface area (Å²) in [5.41, 5.74) is 0.467. The maximum absolute atomic E-state index is 11.7. The molecule has 1 aliphatic rings. The fourth-order valence-electron chi connectivity index (χ4n) is 1.31. The molecule has 1 amide bonds. The molecule has 2 rings (SSSR count). The summed E-state index contributed by atoms with van der Waals surface area (Å²) in [6.07, 6.45) is 6.38. The van der Waals surface area contributed by atoms with Crippen LogP contribution in [0.15, 0.2) is 18.7 Å². The first-order chi connectivity index (χ1) is 6.88. The Labute approximate surface area is 81.7 Å². The van der Waals surface area contributed by atoms with Crippen LogP contribution in [0.4, 0.5) is 0 Å². The third-order valence-corrected chi connectivity index (χ3v) is 2.04. The molecule has 0 atom stereocenters. The number of amides is 1. The van der Waals surface area contributed by atoms with Crippen molar-refractivity contribution in [2.75, 3.05) is 13.2 Å². The van der Waals surface area contributed by atoms with E-state index in [1.165, 1.54) is 23.8 Å². The van der Waals surface area contributed by atoms with Gasteiger partial charge in [0, 0.05) is 18.9 Å². The van der Waals surface area contributed by atoms with Gasteiger partial charge in [0.25, 0.3) is 5.91 Å². The topological polar surface area (TPSA) is 55.3 Å². The number of carbonyl (C=O) groups excluding carboxylic acids is 1. The van der Waals surface area contributed by atoms with Crippen molar-refractivity contribution in [2.45, 2.75) is 12.8 Å². The fraction of sp³-hybridized carbons (Fsp3) is 0.444. The standard InChI is InChI=1S/C9H11N3O2/c13-9(8-5-10-7-11-6-8)12-3-1-2-4-14-12/h5-7H,1-4H2. The van der Waals surface area contributed by atoms with E-state index in [4.69, 9.17) is 4.84 Å². The number of hydrogen-bond acceptors (Lipinski definition) is 4. The summed E-state index contributed by atoms with van der Waals surface area (Å²) in [6, 6.07) is 0. The number of aromatic nitrogens is 2. The maximum atomic E-state index is 11.7. The van der Waals surface area contributed by atoms with Crippen LogP contribution in [0.1, 0.15) is 23.2 Å². The molecular weight excluding hydrogens is 182 g/mol. The van der Waals surface area contributed by atoms with Gasteiger partial charge >= 0.3 is 0 Å². The van der Waals surface area contributed by atoms with E-state index in [0.29, 0.717) is 18.7 Å². The van der Waals surface area contributed by atoms with Gasteiger partial charge < -0.3 is 0 Å². The van der Waals surface area contributed by atoms with Crippen molar-refractivity contribution >= 4 is 5.91 Å². The second-order valence-corrected chi connectivity index (χ2v) is 3.07. The number of carbonyl (C=O) groups is 1. The second-order valence-electron chi connectivity index (χ2n) is 3.07. The van der Waals surface area contributed by atoms with E-state index in [-0.39, 0.29) is 5.91 Å². The highest BCUT2D eigenvalue weighted by molar-refractivity contribution is 5.92. The maximum Gasteiger partial charge on any atom is 0.280 e. The molecule has 0 bridgehead atoms. The van der Waals surface area contributed by atoms with Gasteiger partial charge in [0.2, 0.25) is 0 Å². The largest absolute Gasteiger partial charge is 0.280 e. The number of hydroxylamine groups is 2. The molecule has 0 aliphatic carbocycles. The highest BCUT2D eigenvalue weighted by atomic mass is 16.7. The van der Waals surface area contributed by atoms with E-state index in [9.17, 15) is 4.79 Å². The summed E-state index contributed by atoms with van der Waals surface area (Å²) < 4.78 is 0. The van der Waals surface area contributed by atoms with Crippen LogP contribution in [0.25, 0.3) is 0 Å². The fourth-order valence-corrected chi connectivity index (χ4v) is 1.31. The van der Waals surface area contributed by atoms with Crippen LogP contribution in [0, 0.1) is 0 Å². The highest BCUT2D eigenvalue weighted by Crippen LogP contribution is 2.09. The zero-order valence-corrected chi connectivity index (χ0v) is 7.72. The van der Waals surface area contributed by atoms with E-state index < -0.39 is 0 Å². The first-order valence-corrected chi connectivity index (χ1v) is 4.58. The minimum Gasteiger partial charge on any atom is -0.271 e. The Morgan fingerprint density at radius 2 is 2.14 bits per heavy atom. The molecule has 0 radical (unpaired) electrons. The lowest BCUT2D eigenvalue weighted by Crippen LogP contribution is -2.35. The molecule has 5 heteroatoms. The molecule has 0 spiro atoms. The highest BCUT2D eigenvalue weighted by Gasteiger charge is 2.19. The van der Waals surface area contributed by atoms with Gasteiger partial charge in [-0.05, 0) is 12.8 Å². The van der Waals surface area contributed by atoms with Crippen LogP contribution in [-0.2, 0) is 4.84 Å². The van der Waals surface area contributed by atoms with Crippen molar-refractivity contribution < 1.29 is 9.63 Å². The minimum atomic E-state index is -0.162. The molecule has 5 nitrogen and oxygen atoms in total. The first kappa shape index (κ1) is 9.08. The Kier molecular flexibility index (Phi) is 2.69. The Bertz CT molecular complexity index is 309. The van der Waals surface area contributed by atoms with E-state index in [2.05, 4.69) is 9.97 Å². The molecule has 1 fully saturated rings. The summed E-state index contributed by atoms with van der Waals surface area (Å²) in [5, 5.41) is 1.38. The van der Waals surface area contributed by atoms with Gasteiger partial charge in [-0.25, -0.2) is 15.0 Å². The molecule has 2 heterocycles. The third kappa shape index (κ3) is 1.88. The lowest BCUT2D eigenvalue weighted by Gasteiger charge is -2.25. The summed E-state index contributed by atoms with van der Waals surface area (Å²) in [4.78, 5) is 24.5.